The molecule has 6 heteroatoms. The van der Waals surface area contributed by atoms with E-state index in [1.165, 1.54) is 25.7 Å². The third-order valence-corrected chi connectivity index (χ3v) is 5.39. The van der Waals surface area contributed by atoms with Crippen LogP contribution in [0.2, 0.25) is 0 Å². The predicted octanol–water partition coefficient (Wildman–Crippen LogP) is 5.62. The average molecular weight is 428 g/mol. The van der Waals surface area contributed by atoms with Gasteiger partial charge >= 0.3 is 6.09 Å². The first-order valence-electron chi connectivity index (χ1n) is 9.17. The van der Waals surface area contributed by atoms with Gasteiger partial charge in [-0.3, -0.25) is 5.32 Å². The summed E-state index contributed by atoms with van der Waals surface area (Å²) in [5.74, 6) is 2.72. The summed E-state index contributed by atoms with van der Waals surface area (Å²) in [6, 6.07) is 5.43. The van der Waals surface area contributed by atoms with Crippen LogP contribution in [0, 0.1) is 11.8 Å². The van der Waals surface area contributed by atoms with Crippen LogP contribution in [-0.4, -0.2) is 30.7 Å². The van der Waals surface area contributed by atoms with E-state index >= 15 is 0 Å². The molecule has 0 spiro atoms. The number of hydrogen-bond donors (Lipinski definition) is 1. The van der Waals surface area contributed by atoms with Crippen molar-refractivity contribution in [1.29, 1.82) is 0 Å². The van der Waals surface area contributed by atoms with Gasteiger partial charge in [0.25, 0.3) is 0 Å². The lowest BCUT2D eigenvalue weighted by molar-refractivity contribution is 0.0635. The van der Waals surface area contributed by atoms with Gasteiger partial charge in [0.05, 0.1) is 19.4 Å². The largest absolute Gasteiger partial charge is 0.494 e. The Labute approximate surface area is 164 Å². The molecule has 0 aliphatic heterocycles. The molecule has 0 atom stereocenters. The first-order chi connectivity index (χ1) is 12.3. The lowest BCUT2D eigenvalue weighted by Gasteiger charge is -2.27. The third-order valence-electron chi connectivity index (χ3n) is 4.48. The summed E-state index contributed by atoms with van der Waals surface area (Å²) in [5.41, 5.74) is 0.0145. The molecule has 1 N–H and O–H groups in total. The highest BCUT2D eigenvalue weighted by molar-refractivity contribution is 9.09. The van der Waals surface area contributed by atoms with Gasteiger partial charge in [-0.2, -0.15) is 0 Å². The molecule has 0 aromatic heterocycles. The molecule has 0 bridgehead atoms. The van der Waals surface area contributed by atoms with Crippen LogP contribution in [0.4, 0.5) is 10.5 Å². The van der Waals surface area contributed by atoms with Crippen LogP contribution >= 0.6 is 15.9 Å². The fraction of sp³-hybridized carbons (Fsp3) is 0.650. The molecular weight excluding hydrogens is 398 g/mol. The Morgan fingerprint density at radius 3 is 2.42 bits per heavy atom. The van der Waals surface area contributed by atoms with Crippen LogP contribution in [0.1, 0.15) is 46.5 Å². The summed E-state index contributed by atoms with van der Waals surface area (Å²) >= 11 is 3.58. The minimum Gasteiger partial charge on any atom is -0.494 e. The summed E-state index contributed by atoms with van der Waals surface area (Å²) in [6.07, 6.45) is 4.45. The van der Waals surface area contributed by atoms with Gasteiger partial charge in [-0.05, 0) is 70.4 Å². The first kappa shape index (κ1) is 20.9. The molecule has 0 saturated heterocycles. The predicted molar refractivity (Wildman–Crippen MR) is 108 cm³/mol. The highest BCUT2D eigenvalue weighted by Crippen LogP contribution is 2.32. The molecule has 146 valence electrons. The number of anilines is 1. The van der Waals surface area contributed by atoms with Gasteiger partial charge < -0.3 is 14.2 Å². The lowest BCUT2D eigenvalue weighted by atomic mass is 9.83. The smallest absolute Gasteiger partial charge is 0.412 e. The molecule has 2 rings (SSSR count). The molecule has 1 fully saturated rings. The Morgan fingerprint density at radius 1 is 1.19 bits per heavy atom. The highest BCUT2D eigenvalue weighted by Gasteiger charge is 2.21. The molecule has 0 radical (unpaired) electrons. The molecule has 1 aliphatic carbocycles. The summed E-state index contributed by atoms with van der Waals surface area (Å²) in [6.45, 7) is 6.20. The zero-order valence-corrected chi connectivity index (χ0v) is 17.7. The van der Waals surface area contributed by atoms with E-state index in [4.69, 9.17) is 14.2 Å². The molecule has 5 nitrogen and oxygen atoms in total. The van der Waals surface area contributed by atoms with Crippen LogP contribution in [0.5, 0.6) is 11.5 Å². The number of ether oxygens (including phenoxy) is 3. The number of carbonyl (C=O) groups excluding carboxylic acids is 1. The molecule has 0 unspecified atom stereocenters. The number of methoxy groups -OCH3 is 1. The summed E-state index contributed by atoms with van der Waals surface area (Å²) in [7, 11) is 1.57. The van der Waals surface area contributed by atoms with E-state index in [2.05, 4.69) is 21.2 Å². The molecule has 1 saturated carbocycles. The number of carbonyl (C=O) groups is 1. The van der Waals surface area contributed by atoms with Gasteiger partial charge in [-0.25, -0.2) is 4.79 Å². The van der Waals surface area contributed by atoms with Gasteiger partial charge in [-0.1, -0.05) is 15.9 Å². The number of hydrogen-bond acceptors (Lipinski definition) is 4. The van der Waals surface area contributed by atoms with E-state index in [1.54, 1.807) is 19.2 Å². The van der Waals surface area contributed by atoms with Gasteiger partial charge in [-0.15, -0.1) is 0 Å². The Hall–Kier alpha value is -1.43. The molecule has 1 aliphatic rings. The average Bonchev–Trinajstić information content (AvgIpc) is 2.59. The zero-order valence-electron chi connectivity index (χ0n) is 16.1. The van der Waals surface area contributed by atoms with Crippen molar-refractivity contribution in [2.45, 2.75) is 52.1 Å². The topological polar surface area (TPSA) is 56.8 Å². The lowest BCUT2D eigenvalue weighted by Crippen LogP contribution is -2.27. The third kappa shape index (κ3) is 6.71. The van der Waals surface area contributed by atoms with Gasteiger partial charge in [0, 0.05) is 11.4 Å². The minimum absolute atomic E-state index is 0.506. The highest BCUT2D eigenvalue weighted by atomic mass is 79.9. The van der Waals surface area contributed by atoms with Crippen LogP contribution in [0.15, 0.2) is 18.2 Å². The second kappa shape index (κ2) is 9.49. The Morgan fingerprint density at radius 2 is 1.85 bits per heavy atom. The standard InChI is InChI=1S/C20H30BrNO4/c1-20(2,3)26-19(23)22-17-10-9-16(11-18(17)24-4)25-13-15-7-5-14(12-21)6-8-15/h9-11,14-15H,5-8,12-13H2,1-4H3,(H,22,23)/t14-,15-. The van der Waals surface area contributed by atoms with Crippen LogP contribution in [-0.2, 0) is 4.74 Å². The van der Waals surface area contributed by atoms with E-state index in [0.717, 1.165) is 23.6 Å². The molecule has 26 heavy (non-hydrogen) atoms. The van der Waals surface area contributed by atoms with Crippen molar-refractivity contribution in [2.75, 3.05) is 24.4 Å². The van der Waals surface area contributed by atoms with Gasteiger partial charge in [0.2, 0.25) is 0 Å². The summed E-state index contributed by atoms with van der Waals surface area (Å²) in [4.78, 5) is 11.9. The molecular formula is C20H30BrNO4. The van der Waals surface area contributed by atoms with Crippen LogP contribution in [0.25, 0.3) is 0 Å². The minimum atomic E-state index is -0.547. The number of nitrogens with one attached hydrogen (secondary N) is 1. The number of benzene rings is 1. The first-order valence-corrected chi connectivity index (χ1v) is 10.3. The summed E-state index contributed by atoms with van der Waals surface area (Å²) < 4.78 is 16.6. The fourth-order valence-electron chi connectivity index (χ4n) is 3.04. The molecule has 1 amide bonds. The van der Waals surface area contributed by atoms with E-state index in [0.29, 0.717) is 17.4 Å². The van der Waals surface area contributed by atoms with Gasteiger partial charge in [0.15, 0.2) is 0 Å². The fourth-order valence-corrected chi connectivity index (χ4v) is 3.69. The van der Waals surface area contributed by atoms with E-state index < -0.39 is 11.7 Å². The van der Waals surface area contributed by atoms with Crippen molar-refractivity contribution in [3.05, 3.63) is 18.2 Å². The van der Waals surface area contributed by atoms with Crippen molar-refractivity contribution in [1.82, 2.24) is 0 Å². The number of rotatable bonds is 6. The Kier molecular flexibility index (Phi) is 7.62. The quantitative estimate of drug-likeness (QED) is 0.598. The maximum Gasteiger partial charge on any atom is 0.412 e. The van der Waals surface area contributed by atoms with Crippen molar-refractivity contribution in [2.24, 2.45) is 11.8 Å². The summed E-state index contributed by atoms with van der Waals surface area (Å²) in [5, 5.41) is 3.82. The maximum atomic E-state index is 11.9. The van der Waals surface area contributed by atoms with E-state index in [-0.39, 0.29) is 0 Å². The maximum absolute atomic E-state index is 11.9. The van der Waals surface area contributed by atoms with Crippen molar-refractivity contribution >= 4 is 27.7 Å². The molecule has 0 heterocycles. The van der Waals surface area contributed by atoms with Crippen LogP contribution in [0.3, 0.4) is 0 Å². The van der Waals surface area contributed by atoms with Crippen LogP contribution < -0.4 is 14.8 Å². The number of halogens is 1. The number of amides is 1. The molecule has 1 aromatic rings. The van der Waals surface area contributed by atoms with Gasteiger partial charge in [0.1, 0.15) is 17.1 Å². The number of alkyl halides is 1. The Bertz CT molecular complexity index is 592. The Balaban J connectivity index is 1.90. The zero-order chi connectivity index (χ0) is 19.2. The second-order valence-corrected chi connectivity index (χ2v) is 8.49. The SMILES string of the molecule is COc1cc(OC[C@H]2CC[C@H](CBr)CC2)ccc1NC(=O)OC(C)(C)C. The monoisotopic (exact) mass is 427 g/mol. The second-order valence-electron chi connectivity index (χ2n) is 7.84. The van der Waals surface area contributed by atoms with Crippen molar-refractivity contribution < 1.29 is 19.0 Å². The van der Waals surface area contributed by atoms with Crippen molar-refractivity contribution in [3.8, 4) is 11.5 Å². The normalized spacial score (nSPS) is 20.3. The van der Waals surface area contributed by atoms with E-state index in [9.17, 15) is 4.79 Å². The molecule has 1 aromatic carbocycles. The van der Waals surface area contributed by atoms with E-state index in [1.807, 2.05) is 26.8 Å². The van der Waals surface area contributed by atoms with Crippen molar-refractivity contribution in [3.63, 3.8) is 0 Å².